The first-order chi connectivity index (χ1) is 14.0. The Morgan fingerprint density at radius 3 is 2.86 bits per heavy atom. The second-order valence-corrected chi connectivity index (χ2v) is 7.27. The topological polar surface area (TPSA) is 80.5 Å². The van der Waals surface area contributed by atoms with Gasteiger partial charge in [-0.15, -0.1) is 0 Å². The summed E-state index contributed by atoms with van der Waals surface area (Å²) in [5.74, 6) is 1.67. The molecule has 1 fully saturated rings. The van der Waals surface area contributed by atoms with Gasteiger partial charge in [0.1, 0.15) is 11.8 Å². The van der Waals surface area contributed by atoms with Gasteiger partial charge < -0.3 is 19.5 Å². The van der Waals surface area contributed by atoms with E-state index in [1.165, 1.54) is 5.56 Å². The molecule has 2 aromatic carbocycles. The maximum absolute atomic E-state index is 12.9. The molecule has 150 valence electrons. The molecule has 0 aliphatic carbocycles. The number of ether oxygens (including phenoxy) is 1. The fourth-order valence-electron chi connectivity index (χ4n) is 3.53. The third kappa shape index (κ3) is 3.94. The van der Waals surface area contributed by atoms with Crippen LogP contribution in [0.3, 0.4) is 0 Å². The summed E-state index contributed by atoms with van der Waals surface area (Å²) in [5.41, 5.74) is 3.92. The first kappa shape index (κ1) is 19.0. The van der Waals surface area contributed by atoms with E-state index in [0.717, 1.165) is 35.4 Å². The van der Waals surface area contributed by atoms with E-state index in [1.54, 1.807) is 12.0 Å². The molecule has 1 aromatic heterocycles. The summed E-state index contributed by atoms with van der Waals surface area (Å²) in [6, 6.07) is 13.0. The number of anilines is 1. The number of hydrogen-bond donors (Lipinski definition) is 1. The van der Waals surface area contributed by atoms with Gasteiger partial charge in [-0.2, -0.15) is 4.98 Å². The van der Waals surface area contributed by atoms with Gasteiger partial charge in [-0.1, -0.05) is 23.4 Å². The predicted molar refractivity (Wildman–Crippen MR) is 110 cm³/mol. The number of urea groups is 1. The zero-order chi connectivity index (χ0) is 20.4. The molecule has 7 nitrogen and oxygen atoms in total. The molecular weight excluding hydrogens is 368 g/mol. The number of likely N-dealkylation sites (tertiary alicyclic amines) is 1. The summed E-state index contributed by atoms with van der Waals surface area (Å²) < 4.78 is 10.8. The molecule has 1 aliphatic rings. The second kappa shape index (κ2) is 7.95. The van der Waals surface area contributed by atoms with Gasteiger partial charge in [0.15, 0.2) is 0 Å². The summed E-state index contributed by atoms with van der Waals surface area (Å²) in [4.78, 5) is 19.2. The SMILES string of the molecule is COc1cccc(-c2noc([C@H]3CCCN3C(=O)Nc3ccc(C)c(C)c3)n2)c1. The van der Waals surface area contributed by atoms with Crippen LogP contribution in [-0.4, -0.2) is 34.7 Å². The van der Waals surface area contributed by atoms with Gasteiger partial charge in [0, 0.05) is 17.8 Å². The average Bonchev–Trinajstić information content (AvgIpc) is 3.40. The Hall–Kier alpha value is -3.35. The number of amides is 2. The Kier molecular flexibility index (Phi) is 5.20. The Bertz CT molecular complexity index is 1030. The summed E-state index contributed by atoms with van der Waals surface area (Å²) >= 11 is 0. The molecule has 0 bridgehead atoms. The van der Waals surface area contributed by atoms with Gasteiger partial charge >= 0.3 is 6.03 Å². The largest absolute Gasteiger partial charge is 0.497 e. The minimum absolute atomic E-state index is 0.156. The van der Waals surface area contributed by atoms with E-state index < -0.39 is 0 Å². The number of methoxy groups -OCH3 is 1. The molecule has 29 heavy (non-hydrogen) atoms. The standard InChI is InChI=1S/C22H24N4O3/c1-14-9-10-17(12-15(14)2)23-22(27)26-11-5-8-19(26)21-24-20(25-29-21)16-6-4-7-18(13-16)28-3/h4,6-7,9-10,12-13,19H,5,8,11H2,1-3H3,(H,23,27)/t19-/m1/s1. The van der Waals surface area contributed by atoms with Crippen LogP contribution in [0.2, 0.25) is 0 Å². The maximum Gasteiger partial charge on any atom is 0.322 e. The van der Waals surface area contributed by atoms with Crippen LogP contribution in [-0.2, 0) is 0 Å². The summed E-state index contributed by atoms with van der Waals surface area (Å²) in [6.45, 7) is 4.73. The third-order valence-corrected chi connectivity index (χ3v) is 5.33. The first-order valence-corrected chi connectivity index (χ1v) is 9.68. The number of nitrogens with one attached hydrogen (secondary N) is 1. The van der Waals surface area contributed by atoms with Gasteiger partial charge in [0.2, 0.25) is 11.7 Å². The summed E-state index contributed by atoms with van der Waals surface area (Å²) in [7, 11) is 1.62. The van der Waals surface area contributed by atoms with Crippen molar-refractivity contribution in [2.24, 2.45) is 0 Å². The van der Waals surface area contributed by atoms with Crippen molar-refractivity contribution in [1.29, 1.82) is 0 Å². The molecule has 1 aliphatic heterocycles. The number of benzene rings is 2. The van der Waals surface area contributed by atoms with E-state index in [0.29, 0.717) is 18.3 Å². The van der Waals surface area contributed by atoms with Crippen molar-refractivity contribution in [3.05, 3.63) is 59.5 Å². The average molecular weight is 392 g/mol. The molecule has 1 saturated heterocycles. The van der Waals surface area contributed by atoms with Crippen LogP contribution in [0, 0.1) is 13.8 Å². The van der Waals surface area contributed by atoms with E-state index >= 15 is 0 Å². The second-order valence-electron chi connectivity index (χ2n) is 7.27. The zero-order valence-electron chi connectivity index (χ0n) is 16.8. The van der Waals surface area contributed by atoms with Crippen molar-refractivity contribution < 1.29 is 14.1 Å². The molecule has 1 atom stereocenters. The predicted octanol–water partition coefficient (Wildman–Crippen LogP) is 4.73. The fraction of sp³-hybridized carbons (Fsp3) is 0.318. The van der Waals surface area contributed by atoms with Crippen LogP contribution < -0.4 is 10.1 Å². The first-order valence-electron chi connectivity index (χ1n) is 9.68. The molecule has 0 saturated carbocycles. The van der Waals surface area contributed by atoms with Gasteiger partial charge in [-0.25, -0.2) is 4.79 Å². The Morgan fingerprint density at radius 2 is 2.07 bits per heavy atom. The summed E-state index contributed by atoms with van der Waals surface area (Å²) in [6.07, 6.45) is 1.68. The van der Waals surface area contributed by atoms with Gasteiger partial charge in [-0.3, -0.25) is 0 Å². The maximum atomic E-state index is 12.9. The lowest BCUT2D eigenvalue weighted by molar-refractivity contribution is 0.193. The van der Waals surface area contributed by atoms with Crippen molar-refractivity contribution >= 4 is 11.7 Å². The van der Waals surface area contributed by atoms with E-state index in [2.05, 4.69) is 15.5 Å². The lowest BCUT2D eigenvalue weighted by atomic mass is 10.1. The molecule has 0 unspecified atom stereocenters. The molecule has 3 aromatic rings. The van der Waals surface area contributed by atoms with Crippen LogP contribution in [0.5, 0.6) is 5.75 Å². The molecule has 2 amide bonds. The molecule has 0 radical (unpaired) electrons. The minimum Gasteiger partial charge on any atom is -0.497 e. The number of aryl methyl sites for hydroxylation is 2. The van der Waals surface area contributed by atoms with Crippen LogP contribution in [0.1, 0.15) is 35.9 Å². The Labute approximate surface area is 169 Å². The number of carbonyl (C=O) groups is 1. The Balaban J connectivity index is 1.51. The highest BCUT2D eigenvalue weighted by molar-refractivity contribution is 5.89. The highest BCUT2D eigenvalue weighted by atomic mass is 16.5. The number of carbonyl (C=O) groups excluding carboxylic acids is 1. The van der Waals surface area contributed by atoms with E-state index in [-0.39, 0.29) is 12.1 Å². The molecule has 7 heteroatoms. The van der Waals surface area contributed by atoms with Crippen molar-refractivity contribution in [2.75, 3.05) is 19.0 Å². The Morgan fingerprint density at radius 1 is 1.21 bits per heavy atom. The lowest BCUT2D eigenvalue weighted by Crippen LogP contribution is -2.34. The summed E-state index contributed by atoms with van der Waals surface area (Å²) in [5, 5.41) is 7.09. The smallest absolute Gasteiger partial charge is 0.322 e. The number of aromatic nitrogens is 2. The number of rotatable bonds is 4. The minimum atomic E-state index is -0.228. The van der Waals surface area contributed by atoms with Gasteiger partial charge in [0.25, 0.3) is 0 Å². The lowest BCUT2D eigenvalue weighted by Gasteiger charge is -2.22. The van der Waals surface area contributed by atoms with E-state index in [9.17, 15) is 4.79 Å². The van der Waals surface area contributed by atoms with Crippen molar-refractivity contribution in [3.8, 4) is 17.1 Å². The number of hydrogen-bond acceptors (Lipinski definition) is 5. The molecular formula is C22H24N4O3. The van der Waals surface area contributed by atoms with Gasteiger partial charge in [0.05, 0.1) is 7.11 Å². The van der Waals surface area contributed by atoms with Crippen LogP contribution in [0.15, 0.2) is 47.0 Å². The van der Waals surface area contributed by atoms with Crippen molar-refractivity contribution in [1.82, 2.24) is 15.0 Å². The highest BCUT2D eigenvalue weighted by Crippen LogP contribution is 2.33. The molecule has 4 rings (SSSR count). The van der Waals surface area contributed by atoms with Crippen LogP contribution in [0.4, 0.5) is 10.5 Å². The van der Waals surface area contributed by atoms with E-state index in [1.807, 2.05) is 56.3 Å². The van der Waals surface area contributed by atoms with Crippen molar-refractivity contribution in [2.45, 2.75) is 32.7 Å². The monoisotopic (exact) mass is 392 g/mol. The highest BCUT2D eigenvalue weighted by Gasteiger charge is 2.34. The number of nitrogens with zero attached hydrogens (tertiary/aromatic N) is 3. The zero-order valence-corrected chi connectivity index (χ0v) is 16.8. The quantitative estimate of drug-likeness (QED) is 0.694. The molecule has 1 N–H and O–H groups in total. The normalized spacial score (nSPS) is 16.1. The van der Waals surface area contributed by atoms with Gasteiger partial charge in [-0.05, 0) is 62.1 Å². The van der Waals surface area contributed by atoms with Crippen molar-refractivity contribution in [3.63, 3.8) is 0 Å². The van der Waals surface area contributed by atoms with Crippen LogP contribution in [0.25, 0.3) is 11.4 Å². The fourth-order valence-corrected chi connectivity index (χ4v) is 3.53. The molecule has 2 heterocycles. The third-order valence-electron chi connectivity index (χ3n) is 5.33. The molecule has 0 spiro atoms. The van der Waals surface area contributed by atoms with E-state index in [4.69, 9.17) is 9.26 Å². The van der Waals surface area contributed by atoms with Crippen LogP contribution >= 0.6 is 0 Å².